The minimum Gasteiger partial charge on any atom is -0.368 e. The second-order valence-corrected chi connectivity index (χ2v) is 9.48. The number of hydrogen-bond acceptors (Lipinski definition) is 4. The smallest absolute Gasteiger partial charge is 0.273 e. The number of rotatable bonds is 12. The number of aromatic nitrogens is 1. The molecule has 2 rings (SSSR count). The summed E-state index contributed by atoms with van der Waals surface area (Å²) < 4.78 is 34.5. The maximum absolute atomic E-state index is 14.2. The molecule has 1 amide bonds. The highest BCUT2D eigenvalue weighted by Gasteiger charge is 2.31. The number of allylic oxidation sites excluding steroid dienone is 7. The van der Waals surface area contributed by atoms with E-state index < -0.39 is 12.0 Å². The van der Waals surface area contributed by atoms with Crippen molar-refractivity contribution >= 4 is 11.6 Å². The molecule has 38 heavy (non-hydrogen) atoms. The molecule has 0 saturated heterocycles. The molecule has 0 fully saturated rings. The largest absolute Gasteiger partial charge is 0.368 e. The number of amides is 1. The van der Waals surface area contributed by atoms with Gasteiger partial charge in [-0.2, -0.15) is 0 Å². The first-order valence-corrected chi connectivity index (χ1v) is 13.2. The summed E-state index contributed by atoms with van der Waals surface area (Å²) in [6, 6.07) is 1.58. The monoisotopic (exact) mass is 525 g/mol. The van der Waals surface area contributed by atoms with Gasteiger partial charge in [-0.05, 0) is 65.7 Å². The van der Waals surface area contributed by atoms with Gasteiger partial charge in [-0.15, -0.1) is 0 Å². The normalized spacial score (nSPS) is 17.5. The van der Waals surface area contributed by atoms with Crippen LogP contribution in [0.25, 0.3) is 0 Å². The first-order valence-electron chi connectivity index (χ1n) is 13.2. The Bertz CT molecular complexity index is 1150. The zero-order chi connectivity index (χ0) is 28.3. The number of hydrogen-bond donors (Lipinski definition) is 0. The van der Waals surface area contributed by atoms with E-state index in [2.05, 4.69) is 9.98 Å². The second kappa shape index (κ2) is 14.7. The van der Waals surface area contributed by atoms with Crippen LogP contribution in [0.4, 0.5) is 8.78 Å². The molecule has 1 unspecified atom stereocenters. The Hall–Kier alpha value is -3.19. The molecule has 0 radical (unpaired) electrons. The molecule has 1 aliphatic rings. The highest BCUT2D eigenvalue weighted by atomic mass is 19.3. The predicted molar refractivity (Wildman–Crippen MR) is 152 cm³/mol. The Labute approximate surface area is 226 Å². The molecule has 1 aromatic rings. The van der Waals surface area contributed by atoms with E-state index >= 15 is 0 Å². The van der Waals surface area contributed by atoms with E-state index in [1.165, 1.54) is 19.1 Å². The number of nitrogens with zero attached hydrogens (tertiary/aromatic N) is 3. The summed E-state index contributed by atoms with van der Waals surface area (Å²) in [4.78, 5) is 24.4. The van der Waals surface area contributed by atoms with Crippen molar-refractivity contribution in [2.45, 2.75) is 79.4 Å². The van der Waals surface area contributed by atoms with E-state index in [-0.39, 0.29) is 30.5 Å². The Morgan fingerprint density at radius 2 is 2.03 bits per heavy atom. The van der Waals surface area contributed by atoms with Crippen molar-refractivity contribution in [2.24, 2.45) is 4.99 Å². The SMILES string of the molecule is C/C=C\C/C=C\N=C(C)c1ncc(C)cc1C(=O)N(CC)[C@@H](C)COC1C=CC(C(F)(F)CC)=CC(C)=C1. The van der Waals surface area contributed by atoms with Gasteiger partial charge in [0.15, 0.2) is 0 Å². The first kappa shape index (κ1) is 31.0. The zero-order valence-electron chi connectivity index (χ0n) is 23.7. The molecular weight excluding hydrogens is 484 g/mol. The molecule has 2 atom stereocenters. The van der Waals surface area contributed by atoms with Gasteiger partial charge in [0.1, 0.15) is 0 Å². The number of alkyl halides is 2. The van der Waals surface area contributed by atoms with Crippen LogP contribution in [-0.4, -0.2) is 52.7 Å². The zero-order valence-corrected chi connectivity index (χ0v) is 23.7. The minimum absolute atomic E-state index is 0.0218. The van der Waals surface area contributed by atoms with E-state index in [0.717, 1.165) is 12.0 Å². The number of ether oxygens (including phenoxy) is 1. The fourth-order valence-electron chi connectivity index (χ4n) is 4.06. The third-order valence-corrected chi connectivity index (χ3v) is 6.28. The average molecular weight is 526 g/mol. The first-order chi connectivity index (χ1) is 18.0. The van der Waals surface area contributed by atoms with Crippen LogP contribution in [0.2, 0.25) is 0 Å². The van der Waals surface area contributed by atoms with E-state index in [0.29, 0.717) is 29.1 Å². The van der Waals surface area contributed by atoms with Crippen LogP contribution < -0.4 is 0 Å². The van der Waals surface area contributed by atoms with Gasteiger partial charge in [0, 0.05) is 30.9 Å². The van der Waals surface area contributed by atoms with Crippen LogP contribution in [0.15, 0.2) is 77.1 Å². The molecule has 1 heterocycles. The predicted octanol–water partition coefficient (Wildman–Crippen LogP) is 7.40. The number of pyridine rings is 1. The van der Waals surface area contributed by atoms with Crippen molar-refractivity contribution in [2.75, 3.05) is 13.2 Å². The molecule has 0 saturated carbocycles. The number of aryl methyl sites for hydroxylation is 1. The molecule has 5 nitrogen and oxygen atoms in total. The van der Waals surface area contributed by atoms with Gasteiger partial charge in [0.2, 0.25) is 0 Å². The third-order valence-electron chi connectivity index (χ3n) is 6.28. The van der Waals surface area contributed by atoms with E-state index in [4.69, 9.17) is 4.74 Å². The van der Waals surface area contributed by atoms with E-state index in [1.54, 1.807) is 30.3 Å². The van der Waals surface area contributed by atoms with Crippen LogP contribution >= 0.6 is 0 Å². The molecule has 1 aliphatic carbocycles. The van der Waals surface area contributed by atoms with Gasteiger partial charge in [0.25, 0.3) is 11.8 Å². The van der Waals surface area contributed by atoms with Crippen LogP contribution in [0.1, 0.15) is 76.0 Å². The van der Waals surface area contributed by atoms with Gasteiger partial charge in [-0.3, -0.25) is 14.8 Å². The summed E-state index contributed by atoms with van der Waals surface area (Å²) in [5, 5.41) is 0. The van der Waals surface area contributed by atoms with Crippen molar-refractivity contribution in [3.05, 3.63) is 89.0 Å². The van der Waals surface area contributed by atoms with Crippen molar-refractivity contribution in [1.29, 1.82) is 0 Å². The maximum Gasteiger partial charge on any atom is 0.273 e. The summed E-state index contributed by atoms with van der Waals surface area (Å²) in [5.74, 6) is -3.04. The lowest BCUT2D eigenvalue weighted by Crippen LogP contribution is -2.42. The maximum atomic E-state index is 14.2. The number of halogens is 2. The number of carbonyl (C=O) groups excluding carboxylic acids is 1. The van der Waals surface area contributed by atoms with Gasteiger partial charge < -0.3 is 9.64 Å². The lowest BCUT2D eigenvalue weighted by molar-refractivity contribution is 0.0395. The van der Waals surface area contributed by atoms with Crippen LogP contribution in [0, 0.1) is 6.92 Å². The van der Waals surface area contributed by atoms with E-state index in [9.17, 15) is 13.6 Å². The van der Waals surface area contributed by atoms with Crippen LogP contribution in [0.3, 0.4) is 0 Å². The van der Waals surface area contributed by atoms with Crippen LogP contribution in [0.5, 0.6) is 0 Å². The number of carbonyl (C=O) groups is 1. The highest BCUT2D eigenvalue weighted by molar-refractivity contribution is 6.08. The Kier molecular flexibility index (Phi) is 12.0. The fourth-order valence-corrected chi connectivity index (χ4v) is 4.06. The molecular formula is C31H41F2N3O2. The Balaban J connectivity index is 2.19. The Morgan fingerprint density at radius 3 is 2.68 bits per heavy atom. The second-order valence-electron chi connectivity index (χ2n) is 9.48. The van der Waals surface area contributed by atoms with E-state index in [1.807, 2.05) is 65.0 Å². The van der Waals surface area contributed by atoms with Crippen molar-refractivity contribution in [3.8, 4) is 0 Å². The molecule has 7 heteroatoms. The van der Waals surface area contributed by atoms with Crippen molar-refractivity contribution in [1.82, 2.24) is 9.88 Å². The van der Waals surface area contributed by atoms with Gasteiger partial charge in [-0.25, -0.2) is 8.78 Å². The molecule has 1 aromatic heterocycles. The number of likely N-dealkylation sites (N-methyl/N-ethyl adjacent to an activating group) is 1. The van der Waals surface area contributed by atoms with Crippen molar-refractivity contribution < 1.29 is 18.3 Å². The minimum atomic E-state index is -2.89. The average Bonchev–Trinajstić information content (AvgIpc) is 3.08. The fraction of sp³-hybridized carbons (Fsp3) is 0.452. The van der Waals surface area contributed by atoms with Gasteiger partial charge >= 0.3 is 0 Å². The quantitative estimate of drug-likeness (QED) is 0.211. The molecule has 0 bridgehead atoms. The summed E-state index contributed by atoms with van der Waals surface area (Å²) in [7, 11) is 0. The lowest BCUT2D eigenvalue weighted by atomic mass is 10.0. The molecule has 0 spiro atoms. The third kappa shape index (κ3) is 8.69. The highest BCUT2D eigenvalue weighted by Crippen LogP contribution is 2.31. The molecule has 0 aliphatic heterocycles. The Morgan fingerprint density at radius 1 is 1.29 bits per heavy atom. The summed E-state index contributed by atoms with van der Waals surface area (Å²) in [6.07, 6.45) is 15.9. The van der Waals surface area contributed by atoms with Gasteiger partial charge in [0.05, 0.1) is 35.7 Å². The number of aliphatic imine (C=N–C) groups is 1. The molecule has 0 aromatic carbocycles. The van der Waals surface area contributed by atoms with Crippen molar-refractivity contribution in [3.63, 3.8) is 0 Å². The van der Waals surface area contributed by atoms with Crippen LogP contribution in [-0.2, 0) is 4.74 Å². The summed E-state index contributed by atoms with van der Waals surface area (Å²) in [6.45, 7) is 13.5. The summed E-state index contributed by atoms with van der Waals surface area (Å²) >= 11 is 0. The standard InChI is InChI=1S/C31H41F2N3O2/c1-8-11-12-13-16-34-25(7)29-28(19-23(5)20-35-29)30(37)36(10-3)24(6)21-38-27-15-14-26(17-22(4)18-27)31(32,33)9-2/h8,11,13-20,24,27H,9-10,12,21H2,1-7H3/b11-8-,16-13-,34-25?/t24-,27?/m0/s1. The van der Waals surface area contributed by atoms with Gasteiger partial charge in [-0.1, -0.05) is 49.0 Å². The molecule has 0 N–H and O–H groups in total. The topological polar surface area (TPSA) is 54.8 Å². The lowest BCUT2D eigenvalue weighted by Gasteiger charge is -2.29. The summed E-state index contributed by atoms with van der Waals surface area (Å²) in [5.41, 5.74) is 3.26. The molecule has 206 valence electrons.